The fraction of sp³-hybridized carbons (Fsp3) is 0.200. The summed E-state index contributed by atoms with van der Waals surface area (Å²) in [6, 6.07) is 7.94. The molecule has 0 amide bonds. The molecule has 30 heavy (non-hydrogen) atoms. The lowest BCUT2D eigenvalue weighted by atomic mass is 9.95. The molecule has 7 nitrogen and oxygen atoms in total. The van der Waals surface area contributed by atoms with Crippen LogP contribution in [-0.2, 0) is 6.18 Å². The molecule has 0 radical (unpaired) electrons. The standard InChI is InChI=1S/C20H15F3N6O/c1-11(2)30-14-9-27-29(10-14)19-16(8-25)17(15(7-24)18(26)28-19)12-3-5-13(6-4-12)20(21,22)23/h3-6,9-11H,1-2H3,(H2,26,28). The number of nitrogens with zero attached hydrogens (tertiary/aromatic N) is 5. The summed E-state index contributed by atoms with van der Waals surface area (Å²) in [6.45, 7) is 3.66. The zero-order valence-electron chi connectivity index (χ0n) is 15.9. The molecule has 152 valence electrons. The van der Waals surface area contributed by atoms with E-state index in [1.54, 1.807) is 0 Å². The molecule has 0 aliphatic rings. The Morgan fingerprint density at radius 3 is 2.27 bits per heavy atom. The van der Waals surface area contributed by atoms with E-state index in [9.17, 15) is 23.7 Å². The molecule has 2 N–H and O–H groups in total. The van der Waals surface area contributed by atoms with Crippen molar-refractivity contribution in [2.75, 3.05) is 5.73 Å². The summed E-state index contributed by atoms with van der Waals surface area (Å²) in [7, 11) is 0. The van der Waals surface area contributed by atoms with E-state index < -0.39 is 11.7 Å². The first-order valence-corrected chi connectivity index (χ1v) is 8.68. The Bertz CT molecular complexity index is 1170. The second-order valence-corrected chi connectivity index (χ2v) is 6.53. The lowest BCUT2D eigenvalue weighted by Gasteiger charge is -2.14. The maximum Gasteiger partial charge on any atom is 0.416 e. The van der Waals surface area contributed by atoms with E-state index in [2.05, 4.69) is 10.1 Å². The number of alkyl halides is 3. The van der Waals surface area contributed by atoms with Gasteiger partial charge in [-0.1, -0.05) is 12.1 Å². The molecule has 0 atom stereocenters. The average Bonchev–Trinajstić information content (AvgIpc) is 3.14. The molecular weight excluding hydrogens is 397 g/mol. The van der Waals surface area contributed by atoms with Crippen molar-refractivity contribution in [3.05, 3.63) is 53.3 Å². The number of benzene rings is 1. The Kier molecular flexibility index (Phi) is 5.35. The van der Waals surface area contributed by atoms with Gasteiger partial charge >= 0.3 is 6.18 Å². The van der Waals surface area contributed by atoms with E-state index in [1.807, 2.05) is 26.0 Å². The number of halogens is 3. The van der Waals surface area contributed by atoms with Crippen LogP contribution in [0.15, 0.2) is 36.7 Å². The van der Waals surface area contributed by atoms with Crippen LogP contribution in [0.1, 0.15) is 30.5 Å². The summed E-state index contributed by atoms with van der Waals surface area (Å²) < 4.78 is 45.5. The van der Waals surface area contributed by atoms with Gasteiger partial charge in [-0.05, 0) is 31.5 Å². The highest BCUT2D eigenvalue weighted by molar-refractivity contribution is 5.83. The summed E-state index contributed by atoms with van der Waals surface area (Å²) in [4.78, 5) is 4.12. The average molecular weight is 412 g/mol. The molecule has 0 bridgehead atoms. The van der Waals surface area contributed by atoms with Crippen LogP contribution in [0.3, 0.4) is 0 Å². The van der Waals surface area contributed by atoms with Gasteiger partial charge in [0, 0.05) is 5.56 Å². The maximum atomic E-state index is 12.9. The van der Waals surface area contributed by atoms with Gasteiger partial charge in [0.25, 0.3) is 0 Å². The number of pyridine rings is 1. The van der Waals surface area contributed by atoms with Crippen molar-refractivity contribution in [3.63, 3.8) is 0 Å². The Morgan fingerprint density at radius 1 is 1.10 bits per heavy atom. The fourth-order valence-electron chi connectivity index (χ4n) is 2.85. The molecule has 0 unspecified atom stereocenters. The number of anilines is 1. The zero-order chi connectivity index (χ0) is 22.1. The minimum atomic E-state index is -4.51. The molecule has 0 fully saturated rings. The SMILES string of the molecule is CC(C)Oc1cnn(-c2nc(N)c(C#N)c(-c3ccc(C(F)(F)F)cc3)c2C#N)c1. The largest absolute Gasteiger partial charge is 0.488 e. The van der Waals surface area contributed by atoms with Gasteiger partial charge in [0.2, 0.25) is 0 Å². The van der Waals surface area contributed by atoms with E-state index >= 15 is 0 Å². The monoisotopic (exact) mass is 412 g/mol. The number of hydrogen-bond donors (Lipinski definition) is 1. The number of nitrogen functional groups attached to an aromatic ring is 1. The molecule has 2 aromatic heterocycles. The topological polar surface area (TPSA) is 114 Å². The summed E-state index contributed by atoms with van der Waals surface area (Å²) >= 11 is 0. The third kappa shape index (κ3) is 3.89. The number of nitrogens with two attached hydrogens (primary N) is 1. The van der Waals surface area contributed by atoms with Gasteiger partial charge in [-0.2, -0.15) is 28.8 Å². The van der Waals surface area contributed by atoms with Crippen molar-refractivity contribution in [1.82, 2.24) is 14.8 Å². The van der Waals surface area contributed by atoms with E-state index in [0.717, 1.165) is 12.1 Å². The normalized spacial score (nSPS) is 11.2. The van der Waals surface area contributed by atoms with Crippen molar-refractivity contribution in [3.8, 4) is 34.8 Å². The summed E-state index contributed by atoms with van der Waals surface area (Å²) in [6.07, 6.45) is -1.71. The van der Waals surface area contributed by atoms with Crippen molar-refractivity contribution in [1.29, 1.82) is 10.5 Å². The highest BCUT2D eigenvalue weighted by Gasteiger charge is 2.30. The molecule has 3 aromatic rings. The smallest absolute Gasteiger partial charge is 0.416 e. The second kappa shape index (κ2) is 7.76. The van der Waals surface area contributed by atoms with Gasteiger partial charge < -0.3 is 10.5 Å². The molecular formula is C20H15F3N6O. The third-order valence-corrected chi connectivity index (χ3v) is 4.08. The first-order chi connectivity index (χ1) is 14.2. The lowest BCUT2D eigenvalue weighted by molar-refractivity contribution is -0.137. The first-order valence-electron chi connectivity index (χ1n) is 8.68. The maximum absolute atomic E-state index is 12.9. The Morgan fingerprint density at radius 2 is 1.73 bits per heavy atom. The van der Waals surface area contributed by atoms with Crippen LogP contribution < -0.4 is 10.5 Å². The molecule has 0 aliphatic heterocycles. The van der Waals surface area contributed by atoms with Crippen molar-refractivity contribution < 1.29 is 17.9 Å². The fourth-order valence-corrected chi connectivity index (χ4v) is 2.85. The summed E-state index contributed by atoms with van der Waals surface area (Å²) in [5.74, 6) is 0.278. The highest BCUT2D eigenvalue weighted by atomic mass is 19.4. The van der Waals surface area contributed by atoms with Gasteiger partial charge in [0.1, 0.15) is 29.1 Å². The van der Waals surface area contributed by atoms with Gasteiger partial charge in [-0.3, -0.25) is 0 Å². The van der Waals surface area contributed by atoms with Crippen LogP contribution in [-0.4, -0.2) is 20.9 Å². The van der Waals surface area contributed by atoms with E-state index in [-0.39, 0.29) is 40.0 Å². The predicted octanol–water partition coefficient (Wildman–Crippen LogP) is 4.07. The zero-order valence-corrected chi connectivity index (χ0v) is 15.9. The minimum Gasteiger partial charge on any atom is -0.488 e. The number of rotatable bonds is 4. The van der Waals surface area contributed by atoms with E-state index in [0.29, 0.717) is 5.75 Å². The molecule has 10 heteroatoms. The van der Waals surface area contributed by atoms with Crippen LogP contribution in [0.2, 0.25) is 0 Å². The second-order valence-electron chi connectivity index (χ2n) is 6.53. The Hall–Kier alpha value is -4.05. The first kappa shape index (κ1) is 20.7. The van der Waals surface area contributed by atoms with Crippen molar-refractivity contribution >= 4 is 5.82 Å². The van der Waals surface area contributed by atoms with Crippen LogP contribution in [0.5, 0.6) is 5.75 Å². The molecule has 0 aliphatic carbocycles. The number of hydrogen-bond acceptors (Lipinski definition) is 6. The molecule has 1 aromatic carbocycles. The number of aromatic nitrogens is 3. The van der Waals surface area contributed by atoms with E-state index in [1.165, 1.54) is 29.2 Å². The summed E-state index contributed by atoms with van der Waals surface area (Å²) in [5.41, 5.74) is 5.20. The van der Waals surface area contributed by atoms with Gasteiger partial charge in [0.05, 0.1) is 24.1 Å². The number of ether oxygens (including phenoxy) is 1. The van der Waals surface area contributed by atoms with Gasteiger partial charge in [-0.15, -0.1) is 0 Å². The number of nitriles is 2. The Labute approximate surface area is 169 Å². The minimum absolute atomic E-state index is 0.0301. The Balaban J connectivity index is 2.22. The van der Waals surface area contributed by atoms with Crippen molar-refractivity contribution in [2.45, 2.75) is 26.1 Å². The highest BCUT2D eigenvalue weighted by Crippen LogP contribution is 2.36. The molecule has 0 saturated carbocycles. The van der Waals surface area contributed by atoms with Crippen LogP contribution in [0, 0.1) is 22.7 Å². The lowest BCUT2D eigenvalue weighted by Crippen LogP contribution is -2.09. The van der Waals surface area contributed by atoms with E-state index in [4.69, 9.17) is 10.5 Å². The molecule has 2 heterocycles. The van der Waals surface area contributed by atoms with Crippen LogP contribution in [0.25, 0.3) is 16.9 Å². The molecule has 0 spiro atoms. The van der Waals surface area contributed by atoms with Crippen molar-refractivity contribution in [2.24, 2.45) is 0 Å². The summed E-state index contributed by atoms with van der Waals surface area (Å²) in [5, 5.41) is 23.4. The van der Waals surface area contributed by atoms with Crippen LogP contribution >= 0.6 is 0 Å². The molecule has 3 rings (SSSR count). The molecule has 0 saturated heterocycles. The quantitative estimate of drug-likeness (QED) is 0.691. The van der Waals surface area contributed by atoms with Crippen LogP contribution in [0.4, 0.5) is 19.0 Å². The van der Waals surface area contributed by atoms with Gasteiger partial charge in [-0.25, -0.2) is 9.67 Å². The third-order valence-electron chi connectivity index (χ3n) is 4.08. The van der Waals surface area contributed by atoms with Gasteiger partial charge in [0.15, 0.2) is 11.6 Å². The predicted molar refractivity (Wildman–Crippen MR) is 101 cm³/mol.